The molecule has 0 saturated carbocycles. The van der Waals surface area contributed by atoms with E-state index in [0.717, 1.165) is 56.6 Å². The van der Waals surface area contributed by atoms with Crippen LogP contribution < -0.4 is 4.72 Å². The lowest BCUT2D eigenvalue weighted by atomic mass is 9.96. The molecule has 0 aliphatic carbocycles. The summed E-state index contributed by atoms with van der Waals surface area (Å²) in [5, 5.41) is 9.13. The summed E-state index contributed by atoms with van der Waals surface area (Å²) in [7, 11) is -3.49. The first-order chi connectivity index (χ1) is 14.3. The Morgan fingerprint density at radius 3 is 2.80 bits per heavy atom. The third-order valence-corrected chi connectivity index (χ3v) is 6.64. The van der Waals surface area contributed by atoms with Crippen molar-refractivity contribution >= 4 is 33.2 Å². The first kappa shape index (κ1) is 21.1. The van der Waals surface area contributed by atoms with E-state index >= 15 is 0 Å². The van der Waals surface area contributed by atoms with Crippen molar-refractivity contribution in [3.05, 3.63) is 40.4 Å². The van der Waals surface area contributed by atoms with Gasteiger partial charge >= 0.3 is 0 Å². The number of aryl methyl sites for hydroxylation is 1. The summed E-state index contributed by atoms with van der Waals surface area (Å²) in [5.41, 5.74) is 0.618. The van der Waals surface area contributed by atoms with Gasteiger partial charge in [0.2, 0.25) is 10.0 Å². The van der Waals surface area contributed by atoms with Gasteiger partial charge in [-0.2, -0.15) is 0 Å². The number of nitrogens with zero attached hydrogens (tertiary/aromatic N) is 4. The normalized spacial score (nSPS) is 19.8. The lowest BCUT2D eigenvalue weighted by Gasteiger charge is -2.32. The number of fused-ring (bicyclic) bond motifs is 1. The van der Waals surface area contributed by atoms with Gasteiger partial charge in [-0.15, -0.1) is 10.2 Å². The minimum atomic E-state index is -3.49. The third kappa shape index (κ3) is 4.62. The van der Waals surface area contributed by atoms with Crippen LogP contribution in [-0.2, 0) is 23.0 Å². The van der Waals surface area contributed by atoms with Crippen LogP contribution in [0, 0.1) is 0 Å². The lowest BCUT2D eigenvalue weighted by molar-refractivity contribution is 0.0703. The zero-order valence-corrected chi connectivity index (χ0v) is 18.5. The van der Waals surface area contributed by atoms with Crippen LogP contribution in [-0.4, -0.2) is 53.3 Å². The molecule has 1 fully saturated rings. The topological polar surface area (TPSA) is 97.2 Å². The van der Waals surface area contributed by atoms with Crippen LogP contribution in [0.2, 0.25) is 5.02 Å². The number of anilines is 1. The summed E-state index contributed by atoms with van der Waals surface area (Å²) in [6, 6.07) is 4.67. The van der Waals surface area contributed by atoms with Crippen molar-refractivity contribution in [3.63, 3.8) is 0 Å². The summed E-state index contributed by atoms with van der Waals surface area (Å²) in [4.78, 5) is 15.0. The fraction of sp³-hybridized carbons (Fsp3) is 0.550. The average Bonchev–Trinajstić information content (AvgIpc) is 2.96. The molecule has 1 aromatic heterocycles. The number of halogens is 1. The van der Waals surface area contributed by atoms with E-state index < -0.39 is 10.0 Å². The second kappa shape index (κ2) is 8.55. The summed E-state index contributed by atoms with van der Waals surface area (Å²) in [5.74, 6) is 2.06. The van der Waals surface area contributed by atoms with Crippen molar-refractivity contribution in [2.24, 2.45) is 0 Å². The van der Waals surface area contributed by atoms with E-state index in [1.165, 1.54) is 12.5 Å². The lowest BCUT2D eigenvalue weighted by Crippen LogP contribution is -2.39. The number of nitrogens with one attached hydrogen (secondary N) is 1. The van der Waals surface area contributed by atoms with Crippen molar-refractivity contribution in [1.29, 1.82) is 0 Å². The molecule has 4 rings (SSSR count). The number of hydrogen-bond acceptors (Lipinski definition) is 5. The second-order valence-corrected chi connectivity index (χ2v) is 10.3. The zero-order valence-electron chi connectivity index (χ0n) is 17.0. The SMILES string of the molecule is CS(=O)(=O)Nc1cc(C(=O)N2CCCC(c3nnc4n3CCCCC4)C2)ccc1Cl. The minimum absolute atomic E-state index is 0.136. The number of rotatable bonds is 4. The molecular weight excluding hydrogens is 426 g/mol. The van der Waals surface area contributed by atoms with E-state index in [1.807, 2.05) is 4.90 Å². The smallest absolute Gasteiger partial charge is 0.253 e. The maximum absolute atomic E-state index is 13.2. The van der Waals surface area contributed by atoms with E-state index in [-0.39, 0.29) is 22.5 Å². The Labute approximate surface area is 181 Å². The van der Waals surface area contributed by atoms with Gasteiger partial charge in [-0.1, -0.05) is 18.0 Å². The molecule has 1 amide bonds. The van der Waals surface area contributed by atoms with Crippen LogP contribution in [0.3, 0.4) is 0 Å². The molecule has 30 heavy (non-hydrogen) atoms. The Morgan fingerprint density at radius 1 is 1.17 bits per heavy atom. The van der Waals surface area contributed by atoms with Gasteiger partial charge in [0.05, 0.1) is 17.0 Å². The second-order valence-electron chi connectivity index (χ2n) is 8.10. The van der Waals surface area contributed by atoms with E-state index in [1.54, 1.807) is 12.1 Å². The highest BCUT2D eigenvalue weighted by Crippen LogP contribution is 2.30. The number of benzene rings is 1. The molecule has 0 bridgehead atoms. The Balaban J connectivity index is 1.53. The highest BCUT2D eigenvalue weighted by Gasteiger charge is 2.30. The number of carbonyl (C=O) groups excluding carboxylic acids is 1. The van der Waals surface area contributed by atoms with Gasteiger partial charge in [-0.05, 0) is 43.9 Å². The molecule has 162 valence electrons. The van der Waals surface area contributed by atoms with Crippen molar-refractivity contribution in [3.8, 4) is 0 Å². The molecule has 8 nitrogen and oxygen atoms in total. The number of sulfonamides is 1. The van der Waals surface area contributed by atoms with Crippen LogP contribution in [0.1, 0.15) is 60.0 Å². The molecule has 1 saturated heterocycles. The van der Waals surface area contributed by atoms with E-state index in [2.05, 4.69) is 19.5 Å². The van der Waals surface area contributed by atoms with E-state index in [4.69, 9.17) is 11.6 Å². The molecule has 2 aliphatic rings. The monoisotopic (exact) mass is 451 g/mol. The molecule has 0 spiro atoms. The van der Waals surface area contributed by atoms with Gasteiger partial charge in [-0.3, -0.25) is 9.52 Å². The third-order valence-electron chi connectivity index (χ3n) is 5.72. The summed E-state index contributed by atoms with van der Waals surface area (Å²) < 4.78 is 27.8. The number of aromatic nitrogens is 3. The van der Waals surface area contributed by atoms with Gasteiger partial charge in [-0.25, -0.2) is 8.42 Å². The molecular formula is C20H26ClN5O3S. The van der Waals surface area contributed by atoms with Crippen LogP contribution in [0.25, 0.3) is 0 Å². The van der Waals surface area contributed by atoms with Gasteiger partial charge in [0.25, 0.3) is 5.91 Å². The first-order valence-corrected chi connectivity index (χ1v) is 12.6. The predicted molar refractivity (Wildman–Crippen MR) is 115 cm³/mol. The van der Waals surface area contributed by atoms with Gasteiger partial charge < -0.3 is 9.47 Å². The molecule has 1 aromatic carbocycles. The number of hydrogen-bond donors (Lipinski definition) is 1. The Hall–Kier alpha value is -2.13. The van der Waals surface area contributed by atoms with Crippen molar-refractivity contribution in [2.75, 3.05) is 24.1 Å². The standard InChI is InChI=1S/C20H26ClN5O3S/c1-30(28,29)24-17-12-14(8-9-16(17)21)20(27)25-10-5-6-15(13-25)19-23-22-18-7-3-2-4-11-26(18)19/h8-9,12,15,24H,2-7,10-11,13H2,1H3. The van der Waals surface area contributed by atoms with Gasteiger partial charge in [0.15, 0.2) is 0 Å². The quantitative estimate of drug-likeness (QED) is 0.770. The number of amides is 1. The maximum atomic E-state index is 13.2. The fourth-order valence-electron chi connectivity index (χ4n) is 4.30. The maximum Gasteiger partial charge on any atom is 0.253 e. The highest BCUT2D eigenvalue weighted by atomic mass is 35.5. The average molecular weight is 452 g/mol. The van der Waals surface area contributed by atoms with Crippen LogP contribution >= 0.6 is 11.6 Å². The number of likely N-dealkylation sites (tertiary alicyclic amines) is 1. The van der Waals surface area contributed by atoms with Crippen molar-refractivity contribution in [2.45, 2.75) is 51.0 Å². The molecule has 1 N–H and O–H groups in total. The molecule has 2 aromatic rings. The molecule has 3 heterocycles. The van der Waals surface area contributed by atoms with Crippen LogP contribution in [0.4, 0.5) is 5.69 Å². The highest BCUT2D eigenvalue weighted by molar-refractivity contribution is 7.92. The van der Waals surface area contributed by atoms with E-state index in [9.17, 15) is 13.2 Å². The molecule has 10 heteroatoms. The van der Waals surface area contributed by atoms with Crippen molar-refractivity contribution in [1.82, 2.24) is 19.7 Å². The predicted octanol–water partition coefficient (Wildman–Crippen LogP) is 3.05. The Morgan fingerprint density at radius 2 is 2.00 bits per heavy atom. The first-order valence-electron chi connectivity index (χ1n) is 10.3. The largest absolute Gasteiger partial charge is 0.338 e. The summed E-state index contributed by atoms with van der Waals surface area (Å²) in [6.07, 6.45) is 7.36. The molecule has 1 unspecified atom stereocenters. The van der Waals surface area contributed by atoms with Gasteiger partial charge in [0, 0.05) is 37.5 Å². The molecule has 2 aliphatic heterocycles. The molecule has 0 radical (unpaired) electrons. The fourth-order valence-corrected chi connectivity index (χ4v) is 5.09. The van der Waals surface area contributed by atoms with Crippen LogP contribution in [0.15, 0.2) is 18.2 Å². The Bertz CT molecular complexity index is 1050. The minimum Gasteiger partial charge on any atom is -0.338 e. The zero-order chi connectivity index (χ0) is 21.3. The number of piperidine rings is 1. The molecule has 1 atom stereocenters. The number of carbonyl (C=O) groups is 1. The Kier molecular flexibility index (Phi) is 6.02. The van der Waals surface area contributed by atoms with Gasteiger partial charge in [0.1, 0.15) is 11.6 Å². The summed E-state index contributed by atoms with van der Waals surface area (Å²) in [6.45, 7) is 2.18. The van der Waals surface area contributed by atoms with Crippen LogP contribution in [0.5, 0.6) is 0 Å². The summed E-state index contributed by atoms with van der Waals surface area (Å²) >= 11 is 6.09. The van der Waals surface area contributed by atoms with E-state index in [0.29, 0.717) is 18.7 Å². The van der Waals surface area contributed by atoms with Crippen molar-refractivity contribution < 1.29 is 13.2 Å².